The summed E-state index contributed by atoms with van der Waals surface area (Å²) in [5.41, 5.74) is 3.26. The molecule has 0 unspecified atom stereocenters. The number of hydrogen-bond donors (Lipinski definition) is 1. The molecular formula is C16H16ClNO2S. The van der Waals surface area contributed by atoms with Crippen molar-refractivity contribution in [3.8, 4) is 0 Å². The molecular weight excluding hydrogens is 306 g/mol. The van der Waals surface area contributed by atoms with Crippen LogP contribution in [0.3, 0.4) is 0 Å². The van der Waals surface area contributed by atoms with E-state index < -0.39 is 10.0 Å². The average molecular weight is 322 g/mol. The van der Waals surface area contributed by atoms with E-state index in [4.69, 9.17) is 11.6 Å². The summed E-state index contributed by atoms with van der Waals surface area (Å²) in [6, 6.07) is 12.6. The van der Waals surface area contributed by atoms with Gasteiger partial charge in [-0.15, -0.1) is 0 Å². The third-order valence-corrected chi connectivity index (χ3v) is 5.37. The van der Waals surface area contributed by atoms with Crippen molar-refractivity contribution >= 4 is 21.6 Å². The number of fused-ring (bicyclic) bond motifs is 1. The first kappa shape index (κ1) is 14.6. The van der Waals surface area contributed by atoms with E-state index in [1.165, 1.54) is 5.56 Å². The van der Waals surface area contributed by atoms with Gasteiger partial charge in [0, 0.05) is 11.6 Å². The van der Waals surface area contributed by atoms with Crippen molar-refractivity contribution in [2.24, 2.45) is 0 Å². The van der Waals surface area contributed by atoms with E-state index in [0.29, 0.717) is 9.92 Å². The summed E-state index contributed by atoms with van der Waals surface area (Å²) in [6.07, 6.45) is 3.12. The Balaban J connectivity index is 1.78. The number of hydrogen-bond acceptors (Lipinski definition) is 2. The average Bonchev–Trinajstić information content (AvgIpc) is 2.93. The maximum atomic E-state index is 12.3. The van der Waals surface area contributed by atoms with Gasteiger partial charge in [-0.05, 0) is 60.2 Å². The molecule has 3 nitrogen and oxygen atoms in total. The second-order valence-electron chi connectivity index (χ2n) is 5.24. The molecule has 21 heavy (non-hydrogen) atoms. The van der Waals surface area contributed by atoms with Gasteiger partial charge in [0.25, 0.3) is 0 Å². The minimum absolute atomic E-state index is 0.236. The lowest BCUT2D eigenvalue weighted by molar-refractivity contribution is 0.581. The number of sulfonamides is 1. The molecule has 5 heteroatoms. The number of nitrogens with one attached hydrogen (secondary N) is 1. The normalized spacial score (nSPS) is 14.1. The molecule has 0 aromatic heterocycles. The van der Waals surface area contributed by atoms with Crippen molar-refractivity contribution in [2.75, 3.05) is 0 Å². The van der Waals surface area contributed by atoms with Gasteiger partial charge in [0.1, 0.15) is 0 Å². The number of rotatable bonds is 4. The van der Waals surface area contributed by atoms with Crippen molar-refractivity contribution in [3.63, 3.8) is 0 Å². The highest BCUT2D eigenvalue weighted by Crippen LogP contribution is 2.24. The molecule has 0 aliphatic heterocycles. The Labute approximate surface area is 130 Å². The van der Waals surface area contributed by atoms with Gasteiger partial charge in [-0.2, -0.15) is 0 Å². The summed E-state index contributed by atoms with van der Waals surface area (Å²) in [5, 5.41) is 0.601. The molecule has 0 heterocycles. The number of benzene rings is 2. The summed E-state index contributed by atoms with van der Waals surface area (Å²) in [7, 11) is -3.49. The molecule has 0 radical (unpaired) electrons. The topological polar surface area (TPSA) is 46.2 Å². The van der Waals surface area contributed by atoms with E-state index in [2.05, 4.69) is 4.72 Å². The molecule has 1 aliphatic rings. The standard InChI is InChI=1S/C16H16ClNO2S/c17-15-6-1-3-12(9-15)11-18-21(19,20)16-8-7-13-4-2-5-14(13)10-16/h1,3,6-10,18H,2,4-5,11H2. The van der Waals surface area contributed by atoms with Crippen LogP contribution >= 0.6 is 11.6 Å². The second kappa shape index (κ2) is 5.79. The molecule has 2 aromatic rings. The lowest BCUT2D eigenvalue weighted by Gasteiger charge is -2.09. The molecule has 0 saturated heterocycles. The van der Waals surface area contributed by atoms with Crippen molar-refractivity contribution < 1.29 is 8.42 Å². The molecule has 0 fully saturated rings. The van der Waals surface area contributed by atoms with Gasteiger partial charge < -0.3 is 0 Å². The molecule has 0 amide bonds. The highest BCUT2D eigenvalue weighted by Gasteiger charge is 2.18. The van der Waals surface area contributed by atoms with E-state index in [1.54, 1.807) is 30.3 Å². The van der Waals surface area contributed by atoms with Crippen LogP contribution < -0.4 is 4.72 Å². The van der Waals surface area contributed by atoms with E-state index in [1.807, 2.05) is 12.1 Å². The molecule has 0 spiro atoms. The lowest BCUT2D eigenvalue weighted by atomic mass is 10.1. The van der Waals surface area contributed by atoms with E-state index >= 15 is 0 Å². The minimum Gasteiger partial charge on any atom is -0.207 e. The predicted octanol–water partition coefficient (Wildman–Crippen LogP) is 3.31. The van der Waals surface area contributed by atoms with Crippen LogP contribution in [0.5, 0.6) is 0 Å². The molecule has 1 N–H and O–H groups in total. The van der Waals surface area contributed by atoms with Gasteiger partial charge in [0.2, 0.25) is 10.0 Å². The molecule has 1 aliphatic carbocycles. The Morgan fingerprint density at radius 3 is 2.67 bits per heavy atom. The maximum absolute atomic E-state index is 12.3. The largest absolute Gasteiger partial charge is 0.240 e. The first-order valence-electron chi connectivity index (χ1n) is 6.90. The first-order chi connectivity index (χ1) is 10.0. The van der Waals surface area contributed by atoms with Gasteiger partial charge in [-0.3, -0.25) is 0 Å². The first-order valence-corrected chi connectivity index (χ1v) is 8.77. The summed E-state index contributed by atoms with van der Waals surface area (Å²) in [4.78, 5) is 0.338. The Morgan fingerprint density at radius 2 is 1.86 bits per heavy atom. The van der Waals surface area contributed by atoms with Crippen LogP contribution in [-0.4, -0.2) is 8.42 Å². The van der Waals surface area contributed by atoms with E-state index in [0.717, 1.165) is 30.4 Å². The highest BCUT2D eigenvalue weighted by molar-refractivity contribution is 7.89. The zero-order valence-corrected chi connectivity index (χ0v) is 13.0. The van der Waals surface area contributed by atoms with Gasteiger partial charge >= 0.3 is 0 Å². The summed E-state index contributed by atoms with van der Waals surface area (Å²) < 4.78 is 27.3. The monoisotopic (exact) mass is 321 g/mol. The van der Waals surface area contributed by atoms with Crippen LogP contribution in [0.1, 0.15) is 23.1 Å². The molecule has 0 atom stereocenters. The summed E-state index contributed by atoms with van der Waals surface area (Å²) in [6.45, 7) is 0.236. The third-order valence-electron chi connectivity index (χ3n) is 3.74. The molecule has 3 rings (SSSR count). The van der Waals surface area contributed by atoms with Gasteiger partial charge in [-0.25, -0.2) is 13.1 Å². The van der Waals surface area contributed by atoms with Crippen LogP contribution in [0, 0.1) is 0 Å². The fourth-order valence-electron chi connectivity index (χ4n) is 2.62. The van der Waals surface area contributed by atoms with Crippen molar-refractivity contribution in [1.82, 2.24) is 4.72 Å². The van der Waals surface area contributed by atoms with Crippen molar-refractivity contribution in [1.29, 1.82) is 0 Å². The van der Waals surface area contributed by atoms with Gasteiger partial charge in [0.15, 0.2) is 0 Å². The van der Waals surface area contributed by atoms with Crippen LogP contribution in [-0.2, 0) is 29.4 Å². The summed E-state index contributed by atoms with van der Waals surface area (Å²) in [5.74, 6) is 0. The predicted molar refractivity (Wildman–Crippen MR) is 83.9 cm³/mol. The van der Waals surface area contributed by atoms with Gasteiger partial charge in [-0.1, -0.05) is 29.8 Å². The maximum Gasteiger partial charge on any atom is 0.240 e. The Bertz CT molecular complexity index is 772. The van der Waals surface area contributed by atoms with E-state index in [-0.39, 0.29) is 6.54 Å². The fraction of sp³-hybridized carbons (Fsp3) is 0.250. The SMILES string of the molecule is O=S(=O)(NCc1cccc(Cl)c1)c1ccc2c(c1)CCC2. The third kappa shape index (κ3) is 3.28. The van der Waals surface area contributed by atoms with Crippen molar-refractivity contribution in [3.05, 3.63) is 64.2 Å². The molecule has 0 saturated carbocycles. The Morgan fingerprint density at radius 1 is 1.05 bits per heavy atom. The fourth-order valence-corrected chi connectivity index (χ4v) is 3.90. The van der Waals surface area contributed by atoms with Crippen LogP contribution in [0.15, 0.2) is 47.4 Å². The van der Waals surface area contributed by atoms with Crippen LogP contribution in [0.4, 0.5) is 0 Å². The molecule has 0 bridgehead atoms. The minimum atomic E-state index is -3.49. The Hall–Kier alpha value is -1.36. The van der Waals surface area contributed by atoms with Crippen LogP contribution in [0.25, 0.3) is 0 Å². The second-order valence-corrected chi connectivity index (χ2v) is 7.44. The number of aryl methyl sites for hydroxylation is 2. The van der Waals surface area contributed by atoms with E-state index in [9.17, 15) is 8.42 Å². The van der Waals surface area contributed by atoms with Gasteiger partial charge in [0.05, 0.1) is 4.90 Å². The quantitative estimate of drug-likeness (QED) is 0.939. The van der Waals surface area contributed by atoms with Crippen molar-refractivity contribution in [2.45, 2.75) is 30.7 Å². The zero-order chi connectivity index (χ0) is 14.9. The molecule has 110 valence electrons. The highest BCUT2D eigenvalue weighted by atomic mass is 35.5. The smallest absolute Gasteiger partial charge is 0.207 e. The number of halogens is 1. The van der Waals surface area contributed by atoms with Crippen LogP contribution in [0.2, 0.25) is 5.02 Å². The zero-order valence-electron chi connectivity index (χ0n) is 11.5. The molecule has 2 aromatic carbocycles. The lowest BCUT2D eigenvalue weighted by Crippen LogP contribution is -2.23. The Kier molecular flexibility index (Phi) is 4.02. The summed E-state index contributed by atoms with van der Waals surface area (Å²) >= 11 is 5.90.